The van der Waals surface area contributed by atoms with E-state index in [1.165, 1.54) is 12.1 Å². The summed E-state index contributed by atoms with van der Waals surface area (Å²) in [5.41, 5.74) is 2.31. The van der Waals surface area contributed by atoms with Crippen LogP contribution in [0.3, 0.4) is 0 Å². The zero-order valence-corrected chi connectivity index (χ0v) is 16.0. The molecular formula is C20H22ClFN4O. The summed E-state index contributed by atoms with van der Waals surface area (Å²) in [6.07, 6.45) is 0. The summed E-state index contributed by atoms with van der Waals surface area (Å²) in [4.78, 5) is 7.14. The molecule has 1 fully saturated rings. The highest BCUT2D eigenvalue weighted by Crippen LogP contribution is 2.32. The molecule has 0 amide bonds. The largest absolute Gasteiger partial charge is 0.492 e. The molecule has 1 aromatic heterocycles. The number of hydrogen-bond donors (Lipinski definition) is 1. The molecule has 0 bridgehead atoms. The van der Waals surface area contributed by atoms with Gasteiger partial charge in [0.05, 0.1) is 29.9 Å². The van der Waals surface area contributed by atoms with E-state index >= 15 is 0 Å². The van der Waals surface area contributed by atoms with Crippen LogP contribution in [0.1, 0.15) is 12.7 Å². The quantitative estimate of drug-likeness (QED) is 0.725. The van der Waals surface area contributed by atoms with Crippen molar-refractivity contribution in [1.29, 1.82) is 0 Å². The standard InChI is InChI=1S/C20H22ClFN4O/c1-2-27-19-11-14(21)3-6-17(19)26-18-12-15(22)4-5-16(18)24-20(26)13-25-9-7-23-8-10-25/h3-6,11-12,23H,2,7-10,13H2,1H3. The molecule has 1 aliphatic rings. The second kappa shape index (κ2) is 7.84. The van der Waals surface area contributed by atoms with Gasteiger partial charge in [-0.05, 0) is 31.2 Å². The van der Waals surface area contributed by atoms with Crippen LogP contribution in [0.25, 0.3) is 16.7 Å². The highest BCUT2D eigenvalue weighted by atomic mass is 35.5. The molecule has 1 aliphatic heterocycles. The molecule has 2 aromatic carbocycles. The molecule has 0 radical (unpaired) electrons. The molecular weight excluding hydrogens is 367 g/mol. The second-order valence-corrected chi connectivity index (χ2v) is 7.00. The normalized spacial score (nSPS) is 15.4. The summed E-state index contributed by atoms with van der Waals surface area (Å²) in [5.74, 6) is 1.24. The smallest absolute Gasteiger partial charge is 0.144 e. The molecule has 0 atom stereocenters. The van der Waals surface area contributed by atoms with Gasteiger partial charge in [-0.3, -0.25) is 9.47 Å². The van der Waals surface area contributed by atoms with Gasteiger partial charge in [-0.25, -0.2) is 9.37 Å². The minimum Gasteiger partial charge on any atom is -0.492 e. The lowest BCUT2D eigenvalue weighted by Crippen LogP contribution is -2.43. The maximum Gasteiger partial charge on any atom is 0.144 e. The Morgan fingerprint density at radius 3 is 2.78 bits per heavy atom. The molecule has 0 saturated carbocycles. The van der Waals surface area contributed by atoms with Crippen molar-refractivity contribution < 1.29 is 9.13 Å². The van der Waals surface area contributed by atoms with Crippen molar-refractivity contribution in [3.8, 4) is 11.4 Å². The van der Waals surface area contributed by atoms with Crippen molar-refractivity contribution in [2.45, 2.75) is 13.5 Å². The third-order valence-electron chi connectivity index (χ3n) is 4.72. The first-order chi connectivity index (χ1) is 13.2. The minimum atomic E-state index is -0.288. The van der Waals surface area contributed by atoms with Gasteiger partial charge >= 0.3 is 0 Å². The van der Waals surface area contributed by atoms with E-state index in [1.807, 2.05) is 23.6 Å². The average Bonchev–Trinajstić information content (AvgIpc) is 3.00. The average molecular weight is 389 g/mol. The van der Waals surface area contributed by atoms with Crippen LogP contribution in [-0.2, 0) is 6.54 Å². The van der Waals surface area contributed by atoms with Gasteiger partial charge in [-0.2, -0.15) is 0 Å². The SMILES string of the molecule is CCOc1cc(Cl)ccc1-n1c(CN2CCNCC2)nc2ccc(F)cc21. The van der Waals surface area contributed by atoms with Crippen LogP contribution in [0.15, 0.2) is 36.4 Å². The predicted octanol–water partition coefficient (Wildman–Crippen LogP) is 3.62. The van der Waals surface area contributed by atoms with Gasteiger partial charge in [0.1, 0.15) is 17.4 Å². The van der Waals surface area contributed by atoms with Gasteiger partial charge in [-0.15, -0.1) is 0 Å². The van der Waals surface area contributed by atoms with Gasteiger partial charge in [0.2, 0.25) is 0 Å². The van der Waals surface area contributed by atoms with E-state index in [4.69, 9.17) is 21.3 Å². The summed E-state index contributed by atoms with van der Waals surface area (Å²) in [6.45, 7) is 6.96. The molecule has 0 spiro atoms. The first-order valence-electron chi connectivity index (χ1n) is 9.18. The van der Waals surface area contributed by atoms with Crippen molar-refractivity contribution in [3.05, 3.63) is 53.1 Å². The summed E-state index contributed by atoms with van der Waals surface area (Å²) >= 11 is 6.17. The number of piperazine rings is 1. The van der Waals surface area contributed by atoms with Gasteiger partial charge in [0, 0.05) is 43.3 Å². The number of fused-ring (bicyclic) bond motifs is 1. The molecule has 7 heteroatoms. The number of benzene rings is 2. The van der Waals surface area contributed by atoms with E-state index in [1.54, 1.807) is 12.1 Å². The topological polar surface area (TPSA) is 42.3 Å². The summed E-state index contributed by atoms with van der Waals surface area (Å²) in [5, 5.41) is 3.96. The van der Waals surface area contributed by atoms with E-state index in [0.717, 1.165) is 48.7 Å². The molecule has 4 rings (SSSR count). The van der Waals surface area contributed by atoms with Crippen LogP contribution in [0.2, 0.25) is 5.02 Å². The maximum absolute atomic E-state index is 14.0. The molecule has 1 N–H and O–H groups in total. The minimum absolute atomic E-state index is 0.288. The number of ether oxygens (including phenoxy) is 1. The molecule has 3 aromatic rings. The van der Waals surface area contributed by atoms with Gasteiger partial charge < -0.3 is 10.1 Å². The van der Waals surface area contributed by atoms with Crippen molar-refractivity contribution in [2.24, 2.45) is 0 Å². The zero-order chi connectivity index (χ0) is 18.8. The third kappa shape index (κ3) is 3.78. The lowest BCUT2D eigenvalue weighted by atomic mass is 10.2. The highest BCUT2D eigenvalue weighted by Gasteiger charge is 2.20. The van der Waals surface area contributed by atoms with Crippen molar-refractivity contribution in [3.63, 3.8) is 0 Å². The van der Waals surface area contributed by atoms with Gasteiger partial charge in [0.25, 0.3) is 0 Å². The Bertz CT molecular complexity index is 953. The Kier molecular flexibility index (Phi) is 5.29. The molecule has 0 unspecified atom stereocenters. The lowest BCUT2D eigenvalue weighted by Gasteiger charge is -2.27. The van der Waals surface area contributed by atoms with Crippen molar-refractivity contribution in [2.75, 3.05) is 32.8 Å². The number of nitrogens with one attached hydrogen (secondary N) is 1. The first kappa shape index (κ1) is 18.2. The third-order valence-corrected chi connectivity index (χ3v) is 4.96. The van der Waals surface area contributed by atoms with E-state index < -0.39 is 0 Å². The molecule has 0 aliphatic carbocycles. The van der Waals surface area contributed by atoms with Gasteiger partial charge in [0.15, 0.2) is 0 Å². The predicted molar refractivity (Wildman–Crippen MR) is 105 cm³/mol. The Balaban J connectivity index is 1.86. The Morgan fingerprint density at radius 1 is 1.19 bits per heavy atom. The summed E-state index contributed by atoms with van der Waals surface area (Å²) < 4.78 is 21.8. The van der Waals surface area contributed by atoms with Crippen LogP contribution in [0.4, 0.5) is 4.39 Å². The monoisotopic (exact) mass is 388 g/mol. The first-order valence-corrected chi connectivity index (χ1v) is 9.56. The summed E-state index contributed by atoms with van der Waals surface area (Å²) in [7, 11) is 0. The lowest BCUT2D eigenvalue weighted by molar-refractivity contribution is 0.227. The number of halogens is 2. The molecule has 2 heterocycles. The number of rotatable bonds is 5. The van der Waals surface area contributed by atoms with E-state index in [9.17, 15) is 4.39 Å². The molecule has 1 saturated heterocycles. The fourth-order valence-electron chi connectivity index (χ4n) is 3.49. The maximum atomic E-state index is 14.0. The van der Waals surface area contributed by atoms with Crippen LogP contribution in [-0.4, -0.2) is 47.2 Å². The summed E-state index contributed by atoms with van der Waals surface area (Å²) in [6, 6.07) is 10.2. The van der Waals surface area contributed by atoms with E-state index in [-0.39, 0.29) is 5.82 Å². The Morgan fingerprint density at radius 2 is 2.00 bits per heavy atom. The Labute approximate surface area is 162 Å². The van der Waals surface area contributed by atoms with Gasteiger partial charge in [-0.1, -0.05) is 11.6 Å². The van der Waals surface area contributed by atoms with E-state index in [2.05, 4.69) is 10.2 Å². The van der Waals surface area contributed by atoms with Crippen LogP contribution in [0.5, 0.6) is 5.75 Å². The Hall–Kier alpha value is -2.15. The molecule has 142 valence electrons. The number of nitrogens with zero attached hydrogens (tertiary/aromatic N) is 3. The fourth-order valence-corrected chi connectivity index (χ4v) is 3.65. The second-order valence-electron chi connectivity index (χ2n) is 6.57. The molecule has 5 nitrogen and oxygen atoms in total. The fraction of sp³-hybridized carbons (Fsp3) is 0.350. The zero-order valence-electron chi connectivity index (χ0n) is 15.2. The van der Waals surface area contributed by atoms with Crippen LogP contribution in [0, 0.1) is 5.82 Å². The van der Waals surface area contributed by atoms with Crippen LogP contribution < -0.4 is 10.1 Å². The van der Waals surface area contributed by atoms with Crippen molar-refractivity contribution >= 4 is 22.6 Å². The highest BCUT2D eigenvalue weighted by molar-refractivity contribution is 6.30. The molecule has 27 heavy (non-hydrogen) atoms. The van der Waals surface area contributed by atoms with Crippen molar-refractivity contribution in [1.82, 2.24) is 19.8 Å². The number of hydrogen-bond acceptors (Lipinski definition) is 4. The van der Waals surface area contributed by atoms with E-state index in [0.29, 0.717) is 23.9 Å². The number of imidazole rings is 1. The number of aromatic nitrogens is 2. The van der Waals surface area contributed by atoms with Crippen LogP contribution >= 0.6 is 11.6 Å².